The lowest BCUT2D eigenvalue weighted by Crippen LogP contribution is -2.38. The van der Waals surface area contributed by atoms with Gasteiger partial charge in [-0.3, -0.25) is 4.90 Å². The molecule has 0 N–H and O–H groups in total. The van der Waals surface area contributed by atoms with Gasteiger partial charge in [-0.1, -0.05) is 51.9 Å². The van der Waals surface area contributed by atoms with Gasteiger partial charge in [-0.25, -0.2) is 4.79 Å². The second-order valence-corrected chi connectivity index (χ2v) is 6.20. The Balaban J connectivity index is 1.79. The first kappa shape index (κ1) is 20.4. The van der Waals surface area contributed by atoms with Gasteiger partial charge in [-0.15, -0.1) is 0 Å². The van der Waals surface area contributed by atoms with E-state index >= 15 is 0 Å². The number of esters is 1. The highest BCUT2D eigenvalue weighted by Crippen LogP contribution is 2.08. The molecular weight excluding hydrogens is 294 g/mol. The summed E-state index contributed by atoms with van der Waals surface area (Å²) < 4.78 is 15.8. The average Bonchev–Trinajstić information content (AvgIpc) is 2.58. The molecule has 0 atom stereocenters. The minimum absolute atomic E-state index is 0.0708. The van der Waals surface area contributed by atoms with Crippen molar-refractivity contribution < 1.29 is 19.0 Å². The van der Waals surface area contributed by atoms with Crippen LogP contribution in [0.3, 0.4) is 0 Å². The molecular formula is C18H35NO4. The molecule has 1 saturated heterocycles. The number of ether oxygens (including phenoxy) is 3. The maximum absolute atomic E-state index is 11.5. The van der Waals surface area contributed by atoms with E-state index in [0.717, 1.165) is 45.7 Å². The molecule has 0 radical (unpaired) electrons. The van der Waals surface area contributed by atoms with Crippen LogP contribution in [0.2, 0.25) is 0 Å². The Morgan fingerprint density at radius 1 is 0.957 bits per heavy atom. The van der Waals surface area contributed by atoms with Gasteiger partial charge in [0, 0.05) is 19.6 Å². The summed E-state index contributed by atoms with van der Waals surface area (Å²) >= 11 is 0. The Morgan fingerprint density at radius 3 is 2.30 bits per heavy atom. The monoisotopic (exact) mass is 329 g/mol. The number of carbonyl (C=O) groups is 1. The Labute approximate surface area is 141 Å². The van der Waals surface area contributed by atoms with Crippen LogP contribution in [-0.4, -0.2) is 63.5 Å². The van der Waals surface area contributed by atoms with Crippen LogP contribution in [0.1, 0.15) is 58.3 Å². The Hall–Kier alpha value is -0.650. The third kappa shape index (κ3) is 12.4. The van der Waals surface area contributed by atoms with Crippen LogP contribution >= 0.6 is 0 Å². The third-order valence-electron chi connectivity index (χ3n) is 4.14. The summed E-state index contributed by atoms with van der Waals surface area (Å²) in [6.45, 7) is 7.75. The van der Waals surface area contributed by atoms with Crippen molar-refractivity contribution in [3.63, 3.8) is 0 Å². The predicted molar refractivity (Wildman–Crippen MR) is 91.6 cm³/mol. The van der Waals surface area contributed by atoms with Crippen molar-refractivity contribution in [2.45, 2.75) is 58.3 Å². The maximum Gasteiger partial charge on any atom is 0.332 e. The zero-order chi connectivity index (χ0) is 16.6. The molecule has 0 aromatic carbocycles. The van der Waals surface area contributed by atoms with Crippen LogP contribution in [-0.2, 0) is 19.0 Å². The average molecular weight is 329 g/mol. The molecule has 0 saturated carbocycles. The van der Waals surface area contributed by atoms with Crippen LogP contribution < -0.4 is 0 Å². The van der Waals surface area contributed by atoms with E-state index in [1.165, 1.54) is 38.5 Å². The first-order valence-corrected chi connectivity index (χ1v) is 9.36. The quantitative estimate of drug-likeness (QED) is 0.362. The lowest BCUT2D eigenvalue weighted by molar-refractivity contribution is -0.149. The fourth-order valence-electron chi connectivity index (χ4n) is 2.64. The molecule has 0 bridgehead atoms. The second kappa shape index (κ2) is 14.9. The van der Waals surface area contributed by atoms with Gasteiger partial charge in [0.1, 0.15) is 6.61 Å². The summed E-state index contributed by atoms with van der Waals surface area (Å²) in [6, 6.07) is 0. The molecule has 1 aliphatic rings. The van der Waals surface area contributed by atoms with Gasteiger partial charge in [0.05, 0.1) is 26.4 Å². The fourth-order valence-corrected chi connectivity index (χ4v) is 2.64. The Kier molecular flexibility index (Phi) is 13.2. The molecule has 1 fully saturated rings. The molecule has 1 heterocycles. The summed E-state index contributed by atoms with van der Waals surface area (Å²) in [5.41, 5.74) is 0. The summed E-state index contributed by atoms with van der Waals surface area (Å²) in [4.78, 5) is 13.8. The fraction of sp³-hybridized carbons (Fsp3) is 0.944. The number of nitrogens with zero attached hydrogens (tertiary/aromatic N) is 1. The van der Waals surface area contributed by atoms with Crippen LogP contribution in [0.5, 0.6) is 0 Å². The summed E-state index contributed by atoms with van der Waals surface area (Å²) in [7, 11) is 0. The molecule has 0 aromatic rings. The molecule has 5 heteroatoms. The standard InChI is InChI=1S/C18H35NO4/c1-2-3-4-5-6-7-8-9-13-23-18(20)17-22-16-12-19-10-14-21-15-11-19/h2-17H2,1H3. The van der Waals surface area contributed by atoms with Crippen LogP contribution in [0.4, 0.5) is 0 Å². The first-order valence-electron chi connectivity index (χ1n) is 9.36. The summed E-state index contributed by atoms with van der Waals surface area (Å²) in [5.74, 6) is -0.241. The molecule has 0 spiro atoms. The molecule has 0 amide bonds. The van der Waals surface area contributed by atoms with E-state index in [0.29, 0.717) is 13.2 Å². The third-order valence-corrected chi connectivity index (χ3v) is 4.14. The van der Waals surface area contributed by atoms with E-state index in [2.05, 4.69) is 11.8 Å². The highest BCUT2D eigenvalue weighted by molar-refractivity contribution is 5.70. The molecule has 1 rings (SSSR count). The van der Waals surface area contributed by atoms with Gasteiger partial charge in [0.2, 0.25) is 0 Å². The number of unbranched alkanes of at least 4 members (excludes halogenated alkanes) is 7. The summed E-state index contributed by atoms with van der Waals surface area (Å²) in [5, 5.41) is 0. The molecule has 136 valence electrons. The lowest BCUT2D eigenvalue weighted by atomic mass is 10.1. The number of carbonyl (C=O) groups excluding carboxylic acids is 1. The van der Waals surface area contributed by atoms with Crippen LogP contribution in [0, 0.1) is 0 Å². The smallest absolute Gasteiger partial charge is 0.332 e. The minimum Gasteiger partial charge on any atom is -0.464 e. The number of morpholine rings is 1. The molecule has 23 heavy (non-hydrogen) atoms. The highest BCUT2D eigenvalue weighted by Gasteiger charge is 2.10. The lowest BCUT2D eigenvalue weighted by Gasteiger charge is -2.26. The van der Waals surface area contributed by atoms with Crippen molar-refractivity contribution >= 4 is 5.97 Å². The second-order valence-electron chi connectivity index (χ2n) is 6.20. The first-order chi connectivity index (χ1) is 11.3. The van der Waals surface area contributed by atoms with Gasteiger partial charge in [-0.2, -0.15) is 0 Å². The number of hydrogen-bond acceptors (Lipinski definition) is 5. The van der Waals surface area contributed by atoms with Crippen molar-refractivity contribution in [2.24, 2.45) is 0 Å². The summed E-state index contributed by atoms with van der Waals surface area (Å²) in [6.07, 6.45) is 10.0. The van der Waals surface area contributed by atoms with Crippen LogP contribution in [0.15, 0.2) is 0 Å². The molecule has 5 nitrogen and oxygen atoms in total. The zero-order valence-electron chi connectivity index (χ0n) is 14.9. The van der Waals surface area contributed by atoms with Gasteiger partial charge < -0.3 is 14.2 Å². The normalized spacial score (nSPS) is 15.7. The number of hydrogen-bond donors (Lipinski definition) is 0. The van der Waals surface area contributed by atoms with Gasteiger partial charge in [-0.05, 0) is 6.42 Å². The van der Waals surface area contributed by atoms with Crippen molar-refractivity contribution in [1.82, 2.24) is 4.90 Å². The van der Waals surface area contributed by atoms with Gasteiger partial charge in [0.25, 0.3) is 0 Å². The SMILES string of the molecule is CCCCCCCCCCOC(=O)COCCN1CCOCC1. The van der Waals surface area contributed by atoms with E-state index in [9.17, 15) is 4.79 Å². The zero-order valence-corrected chi connectivity index (χ0v) is 14.9. The Bertz CT molecular complexity index is 280. The molecule has 0 aliphatic carbocycles. The van der Waals surface area contributed by atoms with E-state index in [1.54, 1.807) is 0 Å². The predicted octanol–water partition coefficient (Wildman–Crippen LogP) is 3.02. The van der Waals surface area contributed by atoms with Crippen molar-refractivity contribution in [3.05, 3.63) is 0 Å². The number of rotatable bonds is 14. The van der Waals surface area contributed by atoms with E-state index in [4.69, 9.17) is 14.2 Å². The van der Waals surface area contributed by atoms with Crippen molar-refractivity contribution in [1.29, 1.82) is 0 Å². The largest absolute Gasteiger partial charge is 0.464 e. The Morgan fingerprint density at radius 2 is 1.61 bits per heavy atom. The maximum atomic E-state index is 11.5. The van der Waals surface area contributed by atoms with E-state index in [1.807, 2.05) is 0 Å². The van der Waals surface area contributed by atoms with Crippen molar-refractivity contribution in [2.75, 3.05) is 52.7 Å². The van der Waals surface area contributed by atoms with Gasteiger partial charge >= 0.3 is 5.97 Å². The van der Waals surface area contributed by atoms with E-state index < -0.39 is 0 Å². The van der Waals surface area contributed by atoms with Crippen LogP contribution in [0.25, 0.3) is 0 Å². The van der Waals surface area contributed by atoms with Crippen molar-refractivity contribution in [3.8, 4) is 0 Å². The molecule has 1 aliphatic heterocycles. The molecule has 0 unspecified atom stereocenters. The molecule has 0 aromatic heterocycles. The minimum atomic E-state index is -0.241. The topological polar surface area (TPSA) is 48.0 Å². The van der Waals surface area contributed by atoms with Gasteiger partial charge in [0.15, 0.2) is 0 Å². The van der Waals surface area contributed by atoms with E-state index in [-0.39, 0.29) is 12.6 Å². The highest BCUT2D eigenvalue weighted by atomic mass is 16.6.